The number of hydrogen-bond acceptors (Lipinski definition) is 6. The van der Waals surface area contributed by atoms with Crippen LogP contribution in [0.15, 0.2) is 4.99 Å². The predicted octanol–water partition coefficient (Wildman–Crippen LogP) is -0.681. The van der Waals surface area contributed by atoms with Crippen molar-refractivity contribution < 1.29 is 23.9 Å². The van der Waals surface area contributed by atoms with Gasteiger partial charge in [0.1, 0.15) is 6.67 Å². The number of nitrogens with zero attached hydrogens (tertiary/aromatic N) is 1. The van der Waals surface area contributed by atoms with Crippen LogP contribution in [0, 0.1) is 0 Å². The fraction of sp³-hybridized carbons (Fsp3) is 0.500. The van der Waals surface area contributed by atoms with Crippen LogP contribution in [0.3, 0.4) is 0 Å². The molecule has 0 unspecified atom stereocenters. The maximum atomic E-state index is 10.7. The van der Waals surface area contributed by atoms with Crippen molar-refractivity contribution in [1.82, 2.24) is 10.6 Å². The van der Waals surface area contributed by atoms with Crippen molar-refractivity contribution in [3.63, 3.8) is 0 Å². The van der Waals surface area contributed by atoms with E-state index in [-0.39, 0.29) is 6.67 Å². The minimum absolute atomic E-state index is 0.234. The van der Waals surface area contributed by atoms with Crippen LogP contribution < -0.4 is 10.6 Å². The van der Waals surface area contributed by atoms with Gasteiger partial charge in [-0.3, -0.25) is 0 Å². The van der Waals surface area contributed by atoms with Crippen molar-refractivity contribution in [3.05, 3.63) is 0 Å². The molecule has 0 rings (SSSR count). The van der Waals surface area contributed by atoms with E-state index in [9.17, 15) is 14.4 Å². The van der Waals surface area contributed by atoms with E-state index in [1.807, 2.05) is 0 Å². The molecule has 0 atom stereocenters. The molecular formula is C6H9N3O5. The molecule has 2 N–H and O–H groups in total. The summed E-state index contributed by atoms with van der Waals surface area (Å²) >= 11 is 0. The molecule has 8 nitrogen and oxygen atoms in total. The average molecular weight is 203 g/mol. The number of aliphatic imine (C=N–C) groups is 1. The Morgan fingerprint density at radius 3 is 2.57 bits per heavy atom. The Labute approximate surface area is 79.3 Å². The number of ether oxygens (including phenoxy) is 2. The third-order valence-electron chi connectivity index (χ3n) is 0.951. The van der Waals surface area contributed by atoms with Crippen molar-refractivity contribution in [2.75, 3.05) is 20.5 Å². The summed E-state index contributed by atoms with van der Waals surface area (Å²) in [6.45, 7) is -0.751. The van der Waals surface area contributed by atoms with E-state index in [0.717, 1.165) is 0 Å². The molecule has 0 aliphatic rings. The fourth-order valence-corrected chi connectivity index (χ4v) is 0.396. The predicted molar refractivity (Wildman–Crippen MR) is 43.0 cm³/mol. The molecule has 0 aliphatic carbocycles. The van der Waals surface area contributed by atoms with Gasteiger partial charge in [-0.2, -0.15) is 4.99 Å². The standard InChI is InChI=1S/C6H9N3O5/c1-7-5(11)13-4-14-6(12)9-2-8-3-10/h2,4H2,1H3,(H,7,11)(H,9,12). The number of carbonyl (C=O) groups is 2. The Hall–Kier alpha value is -2.08. The minimum Gasteiger partial charge on any atom is -0.412 e. The van der Waals surface area contributed by atoms with Gasteiger partial charge in [-0.05, 0) is 0 Å². The molecule has 0 saturated heterocycles. The van der Waals surface area contributed by atoms with Gasteiger partial charge in [-0.1, -0.05) is 0 Å². The minimum atomic E-state index is -0.854. The third-order valence-corrected chi connectivity index (χ3v) is 0.951. The van der Waals surface area contributed by atoms with Crippen molar-refractivity contribution in [1.29, 1.82) is 0 Å². The molecule has 0 bridgehead atoms. The zero-order valence-corrected chi connectivity index (χ0v) is 7.40. The van der Waals surface area contributed by atoms with Gasteiger partial charge in [-0.25, -0.2) is 14.4 Å². The molecule has 0 spiro atoms. The molecule has 0 aromatic rings. The summed E-state index contributed by atoms with van der Waals surface area (Å²) in [7, 11) is 1.36. The van der Waals surface area contributed by atoms with Crippen LogP contribution in [-0.4, -0.2) is 38.8 Å². The SMILES string of the molecule is CNC(=O)OCOC(=O)NCN=C=O. The zero-order valence-electron chi connectivity index (χ0n) is 7.40. The summed E-state index contributed by atoms with van der Waals surface area (Å²) in [4.78, 5) is 33.7. The van der Waals surface area contributed by atoms with Crippen LogP contribution in [0.1, 0.15) is 0 Å². The largest absolute Gasteiger partial charge is 0.412 e. The number of amides is 2. The first-order valence-electron chi connectivity index (χ1n) is 3.49. The molecular weight excluding hydrogens is 194 g/mol. The van der Waals surface area contributed by atoms with Crippen molar-refractivity contribution in [3.8, 4) is 0 Å². The van der Waals surface area contributed by atoms with Crippen molar-refractivity contribution >= 4 is 18.3 Å². The molecule has 78 valence electrons. The molecule has 0 aromatic carbocycles. The van der Waals surface area contributed by atoms with Crippen LogP contribution >= 0.6 is 0 Å². The first-order valence-corrected chi connectivity index (χ1v) is 3.49. The second-order valence-corrected chi connectivity index (χ2v) is 1.82. The number of rotatable bonds is 4. The van der Waals surface area contributed by atoms with Crippen LogP contribution in [0.2, 0.25) is 0 Å². The summed E-state index contributed by atoms with van der Waals surface area (Å²) in [5.41, 5.74) is 0. The highest BCUT2D eigenvalue weighted by Crippen LogP contribution is 1.81. The Bertz CT molecular complexity index is 248. The van der Waals surface area contributed by atoms with E-state index in [2.05, 4.69) is 25.1 Å². The van der Waals surface area contributed by atoms with Gasteiger partial charge in [-0.15, -0.1) is 0 Å². The van der Waals surface area contributed by atoms with Gasteiger partial charge in [0.05, 0.1) is 0 Å². The van der Waals surface area contributed by atoms with Crippen molar-refractivity contribution in [2.24, 2.45) is 4.99 Å². The number of carbonyl (C=O) groups excluding carboxylic acids is 3. The molecule has 2 amide bonds. The molecule has 0 radical (unpaired) electrons. The average Bonchev–Trinajstić information content (AvgIpc) is 2.18. The van der Waals surface area contributed by atoms with Gasteiger partial charge in [0, 0.05) is 7.05 Å². The van der Waals surface area contributed by atoms with Crippen LogP contribution in [-0.2, 0) is 14.3 Å². The zero-order chi connectivity index (χ0) is 10.8. The lowest BCUT2D eigenvalue weighted by Crippen LogP contribution is -2.27. The smallest absolute Gasteiger partial charge is 0.411 e. The van der Waals surface area contributed by atoms with E-state index in [1.165, 1.54) is 13.1 Å². The topological polar surface area (TPSA) is 106 Å². The van der Waals surface area contributed by atoms with Crippen LogP contribution in [0.4, 0.5) is 9.59 Å². The Kier molecular flexibility index (Phi) is 6.44. The number of nitrogens with one attached hydrogen (secondary N) is 2. The highest BCUT2D eigenvalue weighted by Gasteiger charge is 2.02. The summed E-state index contributed by atoms with van der Waals surface area (Å²) in [6.07, 6.45) is -0.357. The second-order valence-electron chi connectivity index (χ2n) is 1.82. The van der Waals surface area contributed by atoms with E-state index in [0.29, 0.717) is 0 Å². The summed E-state index contributed by atoms with van der Waals surface area (Å²) < 4.78 is 8.67. The van der Waals surface area contributed by atoms with Gasteiger partial charge in [0.2, 0.25) is 12.9 Å². The molecule has 8 heteroatoms. The van der Waals surface area contributed by atoms with Crippen LogP contribution in [0.5, 0.6) is 0 Å². The van der Waals surface area contributed by atoms with E-state index < -0.39 is 19.0 Å². The summed E-state index contributed by atoms with van der Waals surface area (Å²) in [6, 6.07) is 0. The summed E-state index contributed by atoms with van der Waals surface area (Å²) in [5, 5.41) is 4.22. The quantitative estimate of drug-likeness (QED) is 0.357. The number of isocyanates is 1. The Balaban J connectivity index is 3.44. The van der Waals surface area contributed by atoms with Gasteiger partial charge >= 0.3 is 12.2 Å². The fourth-order valence-electron chi connectivity index (χ4n) is 0.396. The van der Waals surface area contributed by atoms with E-state index in [4.69, 9.17) is 0 Å². The number of alkyl carbamates (subject to hydrolysis) is 2. The Morgan fingerprint density at radius 2 is 2.00 bits per heavy atom. The molecule has 0 aromatic heterocycles. The van der Waals surface area contributed by atoms with Crippen LogP contribution in [0.25, 0.3) is 0 Å². The first-order chi connectivity index (χ1) is 6.70. The van der Waals surface area contributed by atoms with Gasteiger partial charge in [0.15, 0.2) is 0 Å². The van der Waals surface area contributed by atoms with E-state index in [1.54, 1.807) is 0 Å². The molecule has 0 fully saturated rings. The summed E-state index contributed by atoms with van der Waals surface area (Å²) in [5.74, 6) is 0. The monoisotopic (exact) mass is 203 g/mol. The maximum Gasteiger partial charge on any atom is 0.411 e. The highest BCUT2D eigenvalue weighted by atomic mass is 16.7. The molecule has 0 saturated carbocycles. The Morgan fingerprint density at radius 1 is 1.36 bits per heavy atom. The lowest BCUT2D eigenvalue weighted by atomic mass is 11.0. The normalized spacial score (nSPS) is 8.07. The third kappa shape index (κ3) is 6.62. The number of hydrogen-bond donors (Lipinski definition) is 2. The lowest BCUT2D eigenvalue weighted by Gasteiger charge is -2.04. The van der Waals surface area contributed by atoms with E-state index >= 15 is 0 Å². The van der Waals surface area contributed by atoms with Gasteiger partial charge in [0.25, 0.3) is 0 Å². The molecule has 0 aliphatic heterocycles. The highest BCUT2D eigenvalue weighted by molar-refractivity contribution is 5.68. The van der Waals surface area contributed by atoms with Gasteiger partial charge < -0.3 is 20.1 Å². The lowest BCUT2D eigenvalue weighted by molar-refractivity contribution is 0.0253. The van der Waals surface area contributed by atoms with Crippen molar-refractivity contribution in [2.45, 2.75) is 0 Å². The second kappa shape index (κ2) is 7.56. The first kappa shape index (κ1) is 11.9. The molecule has 0 heterocycles. The molecule has 14 heavy (non-hydrogen) atoms. The maximum absolute atomic E-state index is 10.7.